The maximum atomic E-state index is 12.1. The summed E-state index contributed by atoms with van der Waals surface area (Å²) in [6, 6.07) is 23.8. The Balaban J connectivity index is 1.47. The average Bonchev–Trinajstić information content (AvgIpc) is 2.68. The summed E-state index contributed by atoms with van der Waals surface area (Å²) in [5, 5.41) is 6.20. The van der Waals surface area contributed by atoms with Crippen molar-refractivity contribution in [1.29, 1.82) is 0 Å². The van der Waals surface area contributed by atoms with Crippen molar-refractivity contribution in [2.45, 2.75) is 13.0 Å². The molecule has 0 aliphatic heterocycles. The van der Waals surface area contributed by atoms with E-state index in [-0.39, 0.29) is 5.91 Å². The maximum Gasteiger partial charge on any atom is 0.270 e. The van der Waals surface area contributed by atoms with Crippen LogP contribution >= 0.6 is 0 Å². The molecule has 0 atom stereocenters. The zero-order chi connectivity index (χ0) is 17.3. The van der Waals surface area contributed by atoms with E-state index >= 15 is 0 Å². The summed E-state index contributed by atoms with van der Waals surface area (Å²) in [5.41, 5.74) is 3.69. The Morgan fingerprint density at radius 3 is 2.16 bits per heavy atom. The monoisotopic (exact) mass is 331 g/mol. The van der Waals surface area contributed by atoms with E-state index in [1.807, 2.05) is 54.6 Å². The first-order valence-electron chi connectivity index (χ1n) is 8.37. The van der Waals surface area contributed by atoms with E-state index in [2.05, 4.69) is 27.8 Å². The van der Waals surface area contributed by atoms with Crippen molar-refractivity contribution in [2.75, 3.05) is 11.9 Å². The topological polar surface area (TPSA) is 54.0 Å². The fourth-order valence-electron chi connectivity index (χ4n) is 2.50. The molecule has 25 heavy (non-hydrogen) atoms. The number of benzene rings is 2. The van der Waals surface area contributed by atoms with E-state index in [1.54, 1.807) is 12.3 Å². The number of anilines is 1. The lowest BCUT2D eigenvalue weighted by molar-refractivity contribution is 0.0946. The number of amides is 1. The number of nitrogens with zero attached hydrogens (tertiary/aromatic N) is 1. The van der Waals surface area contributed by atoms with Gasteiger partial charge in [-0.1, -0.05) is 60.7 Å². The summed E-state index contributed by atoms with van der Waals surface area (Å²) in [6.07, 6.45) is 2.64. The number of hydrogen-bond acceptors (Lipinski definition) is 3. The third kappa shape index (κ3) is 5.18. The lowest BCUT2D eigenvalue weighted by atomic mass is 10.1. The van der Waals surface area contributed by atoms with Crippen LogP contribution < -0.4 is 10.6 Å². The van der Waals surface area contributed by atoms with Crippen LogP contribution in [0.25, 0.3) is 0 Å². The molecule has 2 N–H and O–H groups in total. The van der Waals surface area contributed by atoms with Crippen LogP contribution in [0.1, 0.15) is 21.6 Å². The summed E-state index contributed by atoms with van der Waals surface area (Å²) < 4.78 is 0. The molecular weight excluding hydrogens is 310 g/mol. The summed E-state index contributed by atoms with van der Waals surface area (Å²) in [7, 11) is 0. The minimum Gasteiger partial charge on any atom is -0.383 e. The molecular formula is C21H21N3O. The summed E-state index contributed by atoms with van der Waals surface area (Å²) >= 11 is 0. The van der Waals surface area contributed by atoms with E-state index in [1.165, 1.54) is 5.56 Å². The number of nitrogens with one attached hydrogen (secondary N) is 2. The smallest absolute Gasteiger partial charge is 0.270 e. The first kappa shape index (κ1) is 16.7. The summed E-state index contributed by atoms with van der Waals surface area (Å²) in [4.78, 5) is 16.4. The number of carbonyl (C=O) groups is 1. The van der Waals surface area contributed by atoms with Gasteiger partial charge in [0.1, 0.15) is 5.69 Å². The van der Waals surface area contributed by atoms with Gasteiger partial charge >= 0.3 is 0 Å². The highest BCUT2D eigenvalue weighted by atomic mass is 16.1. The van der Waals surface area contributed by atoms with Gasteiger partial charge < -0.3 is 10.6 Å². The fourth-order valence-corrected chi connectivity index (χ4v) is 2.50. The molecule has 0 unspecified atom stereocenters. The van der Waals surface area contributed by atoms with Gasteiger partial charge in [-0.3, -0.25) is 4.79 Å². The van der Waals surface area contributed by atoms with Crippen LogP contribution in [0, 0.1) is 0 Å². The summed E-state index contributed by atoms with van der Waals surface area (Å²) in [5.74, 6) is -0.167. The van der Waals surface area contributed by atoms with Crippen LogP contribution in [-0.2, 0) is 13.0 Å². The van der Waals surface area contributed by atoms with E-state index < -0.39 is 0 Å². The molecule has 3 rings (SSSR count). The predicted octanol–water partition coefficient (Wildman–Crippen LogP) is 3.67. The quantitative estimate of drug-likeness (QED) is 0.694. The van der Waals surface area contributed by atoms with Crippen LogP contribution in [0.5, 0.6) is 0 Å². The van der Waals surface area contributed by atoms with Gasteiger partial charge in [0.25, 0.3) is 5.91 Å². The summed E-state index contributed by atoms with van der Waals surface area (Å²) in [6.45, 7) is 1.32. The third-order valence-corrected chi connectivity index (χ3v) is 3.88. The molecule has 0 aliphatic carbocycles. The second-order valence-electron chi connectivity index (χ2n) is 5.76. The number of aromatic nitrogens is 1. The SMILES string of the molecule is O=C(NCc1ccccc1)c1ccc(NCCc2ccccc2)cn1. The van der Waals surface area contributed by atoms with Gasteiger partial charge in [-0.2, -0.15) is 0 Å². The number of hydrogen-bond donors (Lipinski definition) is 2. The molecule has 2 aromatic carbocycles. The highest BCUT2D eigenvalue weighted by Crippen LogP contribution is 2.08. The van der Waals surface area contributed by atoms with Crippen molar-refractivity contribution in [1.82, 2.24) is 10.3 Å². The Morgan fingerprint density at radius 1 is 0.840 bits per heavy atom. The van der Waals surface area contributed by atoms with Crippen molar-refractivity contribution in [3.8, 4) is 0 Å². The normalized spacial score (nSPS) is 10.2. The predicted molar refractivity (Wildman–Crippen MR) is 100 cm³/mol. The van der Waals surface area contributed by atoms with Crippen molar-refractivity contribution in [2.24, 2.45) is 0 Å². The molecule has 1 aromatic heterocycles. The Kier molecular flexibility index (Phi) is 5.77. The highest BCUT2D eigenvalue weighted by molar-refractivity contribution is 5.92. The number of carbonyl (C=O) groups excluding carboxylic acids is 1. The molecule has 4 heteroatoms. The second kappa shape index (κ2) is 8.64. The largest absolute Gasteiger partial charge is 0.383 e. The second-order valence-corrected chi connectivity index (χ2v) is 5.76. The van der Waals surface area contributed by atoms with E-state index in [4.69, 9.17) is 0 Å². The minimum absolute atomic E-state index is 0.167. The lowest BCUT2D eigenvalue weighted by Crippen LogP contribution is -2.23. The standard InChI is InChI=1S/C21H21N3O/c25-21(24-15-18-9-5-2-6-10-18)20-12-11-19(16-23-20)22-14-13-17-7-3-1-4-8-17/h1-12,16,22H,13-15H2,(H,24,25). The molecule has 0 aliphatic rings. The van der Waals surface area contributed by atoms with Crippen LogP contribution in [0.2, 0.25) is 0 Å². The molecule has 0 saturated heterocycles. The Hall–Kier alpha value is -3.14. The van der Waals surface area contributed by atoms with Crippen molar-refractivity contribution in [3.05, 3.63) is 95.8 Å². The van der Waals surface area contributed by atoms with Gasteiger partial charge in [0.15, 0.2) is 0 Å². The zero-order valence-electron chi connectivity index (χ0n) is 14.0. The van der Waals surface area contributed by atoms with Crippen LogP contribution in [0.4, 0.5) is 5.69 Å². The molecule has 0 fully saturated rings. The molecule has 1 amide bonds. The van der Waals surface area contributed by atoms with E-state index in [9.17, 15) is 4.79 Å². The number of rotatable bonds is 7. The fraction of sp³-hybridized carbons (Fsp3) is 0.143. The van der Waals surface area contributed by atoms with E-state index in [0.29, 0.717) is 12.2 Å². The molecule has 0 saturated carbocycles. The molecule has 0 radical (unpaired) electrons. The molecule has 4 nitrogen and oxygen atoms in total. The Labute approximate surface area is 147 Å². The first-order chi connectivity index (χ1) is 12.3. The zero-order valence-corrected chi connectivity index (χ0v) is 14.0. The molecule has 0 bridgehead atoms. The van der Waals surface area contributed by atoms with Gasteiger partial charge in [0.05, 0.1) is 11.9 Å². The Bertz CT molecular complexity index is 786. The van der Waals surface area contributed by atoms with Crippen LogP contribution in [0.15, 0.2) is 79.0 Å². The molecule has 1 heterocycles. The Morgan fingerprint density at radius 2 is 1.52 bits per heavy atom. The van der Waals surface area contributed by atoms with Gasteiger partial charge in [-0.05, 0) is 29.7 Å². The highest BCUT2D eigenvalue weighted by Gasteiger charge is 2.06. The van der Waals surface area contributed by atoms with Gasteiger partial charge in [-0.15, -0.1) is 0 Å². The lowest BCUT2D eigenvalue weighted by Gasteiger charge is -2.08. The van der Waals surface area contributed by atoms with Gasteiger partial charge in [0, 0.05) is 13.1 Å². The van der Waals surface area contributed by atoms with Crippen molar-refractivity contribution >= 4 is 11.6 Å². The van der Waals surface area contributed by atoms with Crippen molar-refractivity contribution < 1.29 is 4.79 Å². The average molecular weight is 331 g/mol. The molecule has 0 spiro atoms. The number of pyridine rings is 1. The van der Waals surface area contributed by atoms with Crippen molar-refractivity contribution in [3.63, 3.8) is 0 Å². The molecule has 3 aromatic rings. The van der Waals surface area contributed by atoms with E-state index in [0.717, 1.165) is 24.2 Å². The van der Waals surface area contributed by atoms with Gasteiger partial charge in [-0.25, -0.2) is 4.98 Å². The minimum atomic E-state index is -0.167. The molecule has 126 valence electrons. The van der Waals surface area contributed by atoms with Crippen LogP contribution in [-0.4, -0.2) is 17.4 Å². The van der Waals surface area contributed by atoms with Crippen LogP contribution in [0.3, 0.4) is 0 Å². The maximum absolute atomic E-state index is 12.1. The van der Waals surface area contributed by atoms with Gasteiger partial charge in [0.2, 0.25) is 0 Å². The first-order valence-corrected chi connectivity index (χ1v) is 8.37. The third-order valence-electron chi connectivity index (χ3n) is 3.88.